The molecule has 1 aliphatic carbocycles. The standard InChI is InChI=1S/C21H24ClN3O4/c1-12(2)21(3,20(27)28)25-18(26)16-10-23-19(29-11-13-7-8-13)17(24-16)14-5-4-6-15(22)9-14/h4-6,9-10,12-13H,7-8,11H2,1-3H3,(H,25,26)(H,27,28)/t21-/m1/s1. The van der Waals surface area contributed by atoms with E-state index in [9.17, 15) is 14.7 Å². The van der Waals surface area contributed by atoms with Gasteiger partial charge in [-0.2, -0.15) is 0 Å². The Morgan fingerprint density at radius 2 is 2.10 bits per heavy atom. The van der Waals surface area contributed by atoms with Gasteiger partial charge in [-0.1, -0.05) is 37.6 Å². The molecular weight excluding hydrogens is 394 g/mol. The molecule has 1 aromatic carbocycles. The lowest BCUT2D eigenvalue weighted by Gasteiger charge is -2.30. The number of hydrogen-bond donors (Lipinski definition) is 2. The number of amides is 1. The Kier molecular flexibility index (Phi) is 6.07. The fourth-order valence-corrected chi connectivity index (χ4v) is 2.83. The van der Waals surface area contributed by atoms with E-state index in [-0.39, 0.29) is 11.6 Å². The van der Waals surface area contributed by atoms with Crippen molar-refractivity contribution in [3.63, 3.8) is 0 Å². The molecular formula is C21H24ClN3O4. The van der Waals surface area contributed by atoms with Gasteiger partial charge in [-0.3, -0.25) is 4.79 Å². The highest BCUT2D eigenvalue weighted by Crippen LogP contribution is 2.32. The zero-order chi connectivity index (χ0) is 21.2. The molecule has 0 spiro atoms. The topological polar surface area (TPSA) is 101 Å². The number of ether oxygens (including phenoxy) is 1. The van der Waals surface area contributed by atoms with Crippen LogP contribution in [0, 0.1) is 11.8 Å². The van der Waals surface area contributed by atoms with Crippen LogP contribution in [-0.4, -0.2) is 39.1 Å². The highest BCUT2D eigenvalue weighted by Gasteiger charge is 2.38. The normalized spacial score (nSPS) is 15.6. The van der Waals surface area contributed by atoms with Crippen LogP contribution in [0.1, 0.15) is 44.1 Å². The maximum Gasteiger partial charge on any atom is 0.329 e. The fourth-order valence-electron chi connectivity index (χ4n) is 2.64. The highest BCUT2D eigenvalue weighted by atomic mass is 35.5. The van der Waals surface area contributed by atoms with E-state index in [1.54, 1.807) is 38.1 Å². The number of aliphatic carboxylic acids is 1. The van der Waals surface area contributed by atoms with Gasteiger partial charge in [0.15, 0.2) is 0 Å². The molecule has 7 nitrogen and oxygen atoms in total. The van der Waals surface area contributed by atoms with Crippen molar-refractivity contribution in [2.45, 2.75) is 39.2 Å². The first-order valence-electron chi connectivity index (χ1n) is 9.52. The molecule has 8 heteroatoms. The van der Waals surface area contributed by atoms with Crippen molar-refractivity contribution in [1.29, 1.82) is 0 Å². The van der Waals surface area contributed by atoms with Crippen molar-refractivity contribution >= 4 is 23.5 Å². The second-order valence-corrected chi connectivity index (χ2v) is 8.23. The summed E-state index contributed by atoms with van der Waals surface area (Å²) in [5.74, 6) is -1.22. The monoisotopic (exact) mass is 417 g/mol. The van der Waals surface area contributed by atoms with Gasteiger partial charge >= 0.3 is 5.97 Å². The van der Waals surface area contributed by atoms with Crippen LogP contribution in [0.5, 0.6) is 5.88 Å². The van der Waals surface area contributed by atoms with E-state index in [1.807, 2.05) is 0 Å². The first-order valence-corrected chi connectivity index (χ1v) is 9.90. The maximum atomic E-state index is 12.8. The molecule has 29 heavy (non-hydrogen) atoms. The van der Waals surface area contributed by atoms with Gasteiger partial charge in [-0.25, -0.2) is 14.8 Å². The summed E-state index contributed by atoms with van der Waals surface area (Å²) >= 11 is 6.11. The molecule has 1 heterocycles. The third-order valence-electron chi connectivity index (χ3n) is 5.19. The molecule has 1 atom stereocenters. The van der Waals surface area contributed by atoms with E-state index in [0.717, 1.165) is 12.8 Å². The lowest BCUT2D eigenvalue weighted by molar-refractivity contribution is -0.145. The van der Waals surface area contributed by atoms with Crippen molar-refractivity contribution in [1.82, 2.24) is 15.3 Å². The SMILES string of the molecule is CC(C)[C@@](C)(NC(=O)c1cnc(OCC2CC2)c(-c2cccc(Cl)c2)n1)C(=O)O. The number of benzene rings is 1. The van der Waals surface area contributed by atoms with Crippen LogP contribution < -0.4 is 10.1 Å². The van der Waals surface area contributed by atoms with E-state index >= 15 is 0 Å². The number of halogens is 1. The van der Waals surface area contributed by atoms with Crippen molar-refractivity contribution < 1.29 is 19.4 Å². The predicted octanol–water partition coefficient (Wildman–Crippen LogP) is 3.81. The van der Waals surface area contributed by atoms with Gasteiger partial charge in [-0.05, 0) is 43.7 Å². The third kappa shape index (κ3) is 4.85. The Morgan fingerprint density at radius 1 is 1.38 bits per heavy atom. The quantitative estimate of drug-likeness (QED) is 0.677. The number of carboxylic acid groups (broad SMARTS) is 1. The molecule has 1 fully saturated rings. The van der Waals surface area contributed by atoms with Crippen molar-refractivity contribution in [3.05, 3.63) is 41.2 Å². The number of rotatable bonds is 8. The van der Waals surface area contributed by atoms with Crippen LogP contribution in [0.4, 0.5) is 0 Å². The van der Waals surface area contributed by atoms with E-state index in [4.69, 9.17) is 16.3 Å². The summed E-state index contributed by atoms with van der Waals surface area (Å²) in [6.45, 7) is 5.47. The minimum Gasteiger partial charge on any atom is -0.480 e. The van der Waals surface area contributed by atoms with E-state index in [0.29, 0.717) is 34.7 Å². The van der Waals surface area contributed by atoms with Crippen LogP contribution in [0.2, 0.25) is 5.02 Å². The molecule has 154 valence electrons. The summed E-state index contributed by atoms with van der Waals surface area (Å²) in [5.41, 5.74) is -0.375. The lowest BCUT2D eigenvalue weighted by Crippen LogP contribution is -2.56. The summed E-state index contributed by atoms with van der Waals surface area (Å²) < 4.78 is 5.82. The minimum atomic E-state index is -1.43. The molecule has 2 N–H and O–H groups in total. The van der Waals surface area contributed by atoms with Crippen LogP contribution in [0.15, 0.2) is 30.5 Å². The van der Waals surface area contributed by atoms with Crippen molar-refractivity contribution in [3.8, 4) is 17.1 Å². The van der Waals surface area contributed by atoms with Crippen LogP contribution in [-0.2, 0) is 4.79 Å². The average Bonchev–Trinajstić information content (AvgIpc) is 3.50. The highest BCUT2D eigenvalue weighted by molar-refractivity contribution is 6.30. The van der Waals surface area contributed by atoms with Crippen LogP contribution in [0.25, 0.3) is 11.3 Å². The Bertz CT molecular complexity index is 930. The fraction of sp³-hybridized carbons (Fsp3) is 0.429. The van der Waals surface area contributed by atoms with Gasteiger partial charge < -0.3 is 15.2 Å². The second kappa shape index (κ2) is 8.37. The number of nitrogens with zero attached hydrogens (tertiary/aromatic N) is 2. The van der Waals surface area contributed by atoms with Gasteiger partial charge in [0.25, 0.3) is 5.91 Å². The number of nitrogens with one attached hydrogen (secondary N) is 1. The zero-order valence-electron chi connectivity index (χ0n) is 16.6. The first kappa shape index (κ1) is 21.0. The number of hydrogen-bond acceptors (Lipinski definition) is 5. The van der Waals surface area contributed by atoms with Crippen molar-refractivity contribution in [2.24, 2.45) is 11.8 Å². The molecule has 1 aromatic heterocycles. The number of aromatic nitrogens is 2. The smallest absolute Gasteiger partial charge is 0.329 e. The Hall–Kier alpha value is -2.67. The number of carbonyl (C=O) groups excluding carboxylic acids is 1. The van der Waals surface area contributed by atoms with E-state index < -0.39 is 17.4 Å². The van der Waals surface area contributed by atoms with Gasteiger partial charge in [-0.15, -0.1) is 0 Å². The molecule has 0 radical (unpaired) electrons. The second-order valence-electron chi connectivity index (χ2n) is 7.79. The molecule has 1 saturated carbocycles. The van der Waals surface area contributed by atoms with Gasteiger partial charge in [0, 0.05) is 10.6 Å². The summed E-state index contributed by atoms with van der Waals surface area (Å²) in [7, 11) is 0. The van der Waals surface area contributed by atoms with Crippen LogP contribution >= 0.6 is 11.6 Å². The van der Waals surface area contributed by atoms with Gasteiger partial charge in [0.1, 0.15) is 16.9 Å². The van der Waals surface area contributed by atoms with E-state index in [2.05, 4.69) is 15.3 Å². The molecule has 0 unspecified atom stereocenters. The molecule has 0 saturated heterocycles. The first-order chi connectivity index (χ1) is 13.7. The van der Waals surface area contributed by atoms with Crippen LogP contribution in [0.3, 0.4) is 0 Å². The third-order valence-corrected chi connectivity index (χ3v) is 5.43. The van der Waals surface area contributed by atoms with Gasteiger partial charge in [0.2, 0.25) is 5.88 Å². The molecule has 1 aliphatic rings. The maximum absolute atomic E-state index is 12.8. The lowest BCUT2D eigenvalue weighted by atomic mass is 9.88. The predicted molar refractivity (Wildman–Crippen MR) is 109 cm³/mol. The average molecular weight is 418 g/mol. The molecule has 0 aliphatic heterocycles. The largest absolute Gasteiger partial charge is 0.480 e. The zero-order valence-corrected chi connectivity index (χ0v) is 17.4. The molecule has 0 bridgehead atoms. The summed E-state index contributed by atoms with van der Waals surface area (Å²) in [6, 6.07) is 7.03. The minimum absolute atomic E-state index is 0.00636. The Morgan fingerprint density at radius 3 is 2.69 bits per heavy atom. The number of carboxylic acids is 1. The Labute approximate surface area is 174 Å². The van der Waals surface area contributed by atoms with Gasteiger partial charge in [0.05, 0.1) is 12.8 Å². The molecule has 1 amide bonds. The molecule has 3 rings (SSSR count). The van der Waals surface area contributed by atoms with Crippen molar-refractivity contribution in [2.75, 3.05) is 6.61 Å². The number of carbonyl (C=O) groups is 2. The summed E-state index contributed by atoms with van der Waals surface area (Å²) in [4.78, 5) is 33.2. The Balaban J connectivity index is 1.94. The summed E-state index contributed by atoms with van der Waals surface area (Å²) in [5, 5.41) is 12.6. The summed E-state index contributed by atoms with van der Waals surface area (Å²) in [6.07, 6.45) is 3.56. The van der Waals surface area contributed by atoms with E-state index in [1.165, 1.54) is 13.1 Å². The molecule has 2 aromatic rings.